The molecule has 0 fully saturated rings. The van der Waals surface area contributed by atoms with Crippen LogP contribution in [0.3, 0.4) is 0 Å². The molecule has 1 N–H and O–H groups in total. The van der Waals surface area contributed by atoms with E-state index in [9.17, 15) is 9.59 Å². The topological polar surface area (TPSA) is 82.5 Å². The van der Waals surface area contributed by atoms with E-state index in [2.05, 4.69) is 10.3 Å². The second-order valence-electron chi connectivity index (χ2n) is 7.98. The number of carbonyl (C=O) groups excluding carboxylic acids is 1. The van der Waals surface area contributed by atoms with Crippen molar-refractivity contribution in [3.05, 3.63) is 93.7 Å². The number of aromatic nitrogens is 2. The van der Waals surface area contributed by atoms with Crippen LogP contribution in [0.1, 0.15) is 5.56 Å². The minimum atomic E-state index is -0.376. The summed E-state index contributed by atoms with van der Waals surface area (Å²) in [6, 6.07) is 22.0. The maximum Gasteiger partial charge on any atom is 0.262 e. The highest BCUT2D eigenvalue weighted by molar-refractivity contribution is 7.99. The zero-order valence-corrected chi connectivity index (χ0v) is 20.2. The zero-order valence-electron chi connectivity index (χ0n) is 18.6. The van der Waals surface area contributed by atoms with Crippen molar-refractivity contribution < 1.29 is 14.3 Å². The molecule has 178 valence electrons. The lowest BCUT2D eigenvalue weighted by atomic mass is 10.2. The van der Waals surface area contributed by atoms with Crippen LogP contribution in [-0.2, 0) is 17.9 Å². The minimum Gasteiger partial charge on any atom is -0.486 e. The Morgan fingerprint density at radius 2 is 1.80 bits per heavy atom. The molecule has 0 saturated carbocycles. The van der Waals surface area contributed by atoms with E-state index in [4.69, 9.17) is 21.1 Å². The first-order chi connectivity index (χ1) is 17.1. The lowest BCUT2D eigenvalue weighted by molar-refractivity contribution is -0.118. The molecule has 7 nitrogen and oxygen atoms in total. The Labute approximate surface area is 211 Å². The summed E-state index contributed by atoms with van der Waals surface area (Å²) >= 11 is 7.38. The smallest absolute Gasteiger partial charge is 0.262 e. The Kier molecular flexibility index (Phi) is 6.92. The van der Waals surface area contributed by atoms with Gasteiger partial charge in [-0.15, -0.1) is 0 Å². The monoisotopic (exact) mass is 507 g/mol. The lowest BCUT2D eigenvalue weighted by Gasteiger charge is -2.27. The molecule has 2 heterocycles. The molecule has 0 aliphatic carbocycles. The highest BCUT2D eigenvalue weighted by Crippen LogP contribution is 2.31. The van der Waals surface area contributed by atoms with Gasteiger partial charge in [-0.25, -0.2) is 4.98 Å². The molecule has 5 rings (SSSR count). The average molecular weight is 508 g/mol. The maximum atomic E-state index is 13.4. The number of halogens is 1. The zero-order chi connectivity index (χ0) is 24.2. The standard InChI is InChI=1S/C26H22ClN3O4S/c27-20-9-3-1-7-17(20)13-28-24(31)16-35-26-29-21-10-4-2-8-19(21)25(32)30(26)14-18-15-33-22-11-5-6-12-23(22)34-18/h1-12,18H,13-16H2,(H,28,31)/t18-/m0/s1. The number of nitrogens with zero attached hydrogens (tertiary/aromatic N) is 2. The first kappa shape index (κ1) is 23.3. The summed E-state index contributed by atoms with van der Waals surface area (Å²) < 4.78 is 13.4. The van der Waals surface area contributed by atoms with Crippen LogP contribution in [0.5, 0.6) is 11.5 Å². The van der Waals surface area contributed by atoms with Crippen molar-refractivity contribution >= 4 is 40.2 Å². The van der Waals surface area contributed by atoms with Gasteiger partial charge in [0.25, 0.3) is 5.56 Å². The Balaban J connectivity index is 1.34. The van der Waals surface area contributed by atoms with E-state index in [1.807, 2.05) is 48.5 Å². The summed E-state index contributed by atoms with van der Waals surface area (Å²) in [6.45, 7) is 0.872. The number of hydrogen-bond donors (Lipinski definition) is 1. The summed E-state index contributed by atoms with van der Waals surface area (Å²) in [5.41, 5.74) is 1.24. The van der Waals surface area contributed by atoms with Crippen molar-refractivity contribution in [3.63, 3.8) is 0 Å². The third-order valence-corrected chi connectivity index (χ3v) is 6.89. The molecule has 1 aliphatic rings. The van der Waals surface area contributed by atoms with Crippen molar-refractivity contribution in [1.29, 1.82) is 0 Å². The van der Waals surface area contributed by atoms with Crippen molar-refractivity contribution in [2.45, 2.75) is 24.3 Å². The third-order valence-electron chi connectivity index (χ3n) is 5.55. The Bertz CT molecular complexity index is 1440. The minimum absolute atomic E-state index is 0.0973. The normalized spacial score (nSPS) is 14.6. The van der Waals surface area contributed by atoms with Crippen LogP contribution in [0.4, 0.5) is 0 Å². The fraction of sp³-hybridized carbons (Fsp3) is 0.192. The van der Waals surface area contributed by atoms with Gasteiger partial charge in [-0.1, -0.05) is 65.8 Å². The first-order valence-corrected chi connectivity index (χ1v) is 12.5. The summed E-state index contributed by atoms with van der Waals surface area (Å²) in [7, 11) is 0. The summed E-state index contributed by atoms with van der Waals surface area (Å²) in [5, 5.41) is 4.43. The quantitative estimate of drug-likeness (QED) is 0.297. The molecule has 9 heteroatoms. The average Bonchev–Trinajstić information content (AvgIpc) is 2.89. The van der Waals surface area contributed by atoms with E-state index < -0.39 is 0 Å². The molecule has 0 radical (unpaired) electrons. The second kappa shape index (κ2) is 10.4. The molecule has 0 spiro atoms. The number of amides is 1. The number of benzene rings is 3. The van der Waals surface area contributed by atoms with Crippen LogP contribution in [0.15, 0.2) is 82.7 Å². The second-order valence-corrected chi connectivity index (χ2v) is 9.33. The van der Waals surface area contributed by atoms with Gasteiger partial charge in [0.1, 0.15) is 6.61 Å². The van der Waals surface area contributed by atoms with Crippen LogP contribution in [0.2, 0.25) is 5.02 Å². The summed E-state index contributed by atoms with van der Waals surface area (Å²) in [4.78, 5) is 30.6. The third kappa shape index (κ3) is 5.28. The van der Waals surface area contributed by atoms with Crippen LogP contribution < -0.4 is 20.3 Å². The number of ether oxygens (including phenoxy) is 2. The van der Waals surface area contributed by atoms with Gasteiger partial charge in [-0.2, -0.15) is 0 Å². The Morgan fingerprint density at radius 1 is 1.06 bits per heavy atom. The van der Waals surface area contributed by atoms with Crippen molar-refractivity contribution in [2.75, 3.05) is 12.4 Å². The van der Waals surface area contributed by atoms with Crippen molar-refractivity contribution in [1.82, 2.24) is 14.9 Å². The van der Waals surface area contributed by atoms with Crippen LogP contribution in [0.25, 0.3) is 10.9 Å². The van der Waals surface area contributed by atoms with Gasteiger partial charge >= 0.3 is 0 Å². The molecule has 0 saturated heterocycles. The predicted molar refractivity (Wildman–Crippen MR) is 136 cm³/mol. The van der Waals surface area contributed by atoms with Gasteiger partial charge in [0.15, 0.2) is 22.8 Å². The maximum absolute atomic E-state index is 13.4. The molecule has 3 aromatic carbocycles. The van der Waals surface area contributed by atoms with E-state index >= 15 is 0 Å². The van der Waals surface area contributed by atoms with Crippen molar-refractivity contribution in [2.24, 2.45) is 0 Å². The Hall–Kier alpha value is -3.49. The van der Waals surface area contributed by atoms with Gasteiger partial charge in [-0.05, 0) is 35.9 Å². The van der Waals surface area contributed by atoms with Gasteiger partial charge in [0, 0.05) is 11.6 Å². The molecular weight excluding hydrogens is 486 g/mol. The number of thioether (sulfide) groups is 1. The molecule has 1 aromatic heterocycles. The molecule has 1 aliphatic heterocycles. The Morgan fingerprint density at radius 3 is 2.66 bits per heavy atom. The van der Waals surface area contributed by atoms with E-state index in [0.717, 1.165) is 5.56 Å². The number of fused-ring (bicyclic) bond motifs is 2. The number of rotatable bonds is 7. The van der Waals surface area contributed by atoms with Gasteiger partial charge < -0.3 is 14.8 Å². The SMILES string of the molecule is O=C(CSc1nc2ccccc2c(=O)n1C[C@H]1COc2ccccc2O1)NCc1ccccc1Cl. The number of para-hydroxylation sites is 3. The van der Waals surface area contributed by atoms with Crippen LogP contribution >= 0.6 is 23.4 Å². The van der Waals surface area contributed by atoms with Crippen molar-refractivity contribution in [3.8, 4) is 11.5 Å². The van der Waals surface area contributed by atoms with E-state index in [1.54, 1.807) is 28.8 Å². The van der Waals surface area contributed by atoms with Crippen LogP contribution in [-0.4, -0.2) is 33.9 Å². The first-order valence-electron chi connectivity index (χ1n) is 11.1. The highest BCUT2D eigenvalue weighted by atomic mass is 35.5. The summed E-state index contributed by atoms with van der Waals surface area (Å²) in [5.74, 6) is 1.23. The molecule has 1 atom stereocenters. The predicted octanol–water partition coefficient (Wildman–Crippen LogP) is 4.30. The molecule has 0 bridgehead atoms. The molecular formula is C26H22ClN3O4S. The molecule has 35 heavy (non-hydrogen) atoms. The van der Waals surface area contributed by atoms with E-state index in [1.165, 1.54) is 11.8 Å². The largest absolute Gasteiger partial charge is 0.486 e. The number of carbonyl (C=O) groups is 1. The number of nitrogens with one attached hydrogen (secondary N) is 1. The highest BCUT2D eigenvalue weighted by Gasteiger charge is 2.24. The molecule has 1 amide bonds. The van der Waals surface area contributed by atoms with Crippen LogP contribution in [0, 0.1) is 0 Å². The van der Waals surface area contributed by atoms with Gasteiger partial charge in [-0.3, -0.25) is 14.2 Å². The fourth-order valence-corrected chi connectivity index (χ4v) is 4.83. The molecule has 0 unspecified atom stereocenters. The van der Waals surface area contributed by atoms with Gasteiger partial charge in [0.05, 0.1) is 23.2 Å². The van der Waals surface area contributed by atoms with Gasteiger partial charge in [0.2, 0.25) is 5.91 Å². The van der Waals surface area contributed by atoms with E-state index in [0.29, 0.717) is 45.7 Å². The van der Waals surface area contributed by atoms with E-state index in [-0.39, 0.29) is 29.9 Å². The summed E-state index contributed by atoms with van der Waals surface area (Å²) in [6.07, 6.45) is -0.376. The fourth-order valence-electron chi connectivity index (χ4n) is 3.79. The molecule has 4 aromatic rings. The lowest BCUT2D eigenvalue weighted by Crippen LogP contribution is -2.37. The number of hydrogen-bond acceptors (Lipinski definition) is 6.